The first-order valence-corrected chi connectivity index (χ1v) is 8.16. The van der Waals surface area contributed by atoms with E-state index in [9.17, 15) is 9.59 Å². The molecule has 0 spiro atoms. The van der Waals surface area contributed by atoms with E-state index in [4.69, 9.17) is 0 Å². The van der Waals surface area contributed by atoms with Crippen LogP contribution < -0.4 is 16.0 Å². The molecular formula is C15H21BrN4O2. The van der Waals surface area contributed by atoms with E-state index >= 15 is 0 Å². The highest BCUT2D eigenvalue weighted by Crippen LogP contribution is 2.13. The molecule has 1 fully saturated rings. The molecular weight excluding hydrogens is 348 g/mol. The van der Waals surface area contributed by atoms with Gasteiger partial charge in [0.2, 0.25) is 5.91 Å². The average Bonchev–Trinajstić information content (AvgIpc) is 2.50. The van der Waals surface area contributed by atoms with Crippen LogP contribution in [-0.4, -0.2) is 49.1 Å². The highest BCUT2D eigenvalue weighted by molar-refractivity contribution is 9.10. The third-order valence-corrected chi connectivity index (χ3v) is 4.08. The van der Waals surface area contributed by atoms with Crippen molar-refractivity contribution in [1.82, 2.24) is 15.5 Å². The Morgan fingerprint density at radius 3 is 2.77 bits per heavy atom. The Labute approximate surface area is 138 Å². The Morgan fingerprint density at radius 1 is 1.36 bits per heavy atom. The van der Waals surface area contributed by atoms with Crippen molar-refractivity contribution in [1.29, 1.82) is 0 Å². The molecule has 1 aromatic rings. The second kappa shape index (κ2) is 8.14. The Kier molecular flexibility index (Phi) is 6.21. The van der Waals surface area contributed by atoms with Crippen molar-refractivity contribution >= 4 is 33.6 Å². The highest BCUT2D eigenvalue weighted by atomic mass is 79.9. The summed E-state index contributed by atoms with van der Waals surface area (Å²) in [4.78, 5) is 25.7. The molecule has 0 bridgehead atoms. The third-order valence-electron chi connectivity index (χ3n) is 3.55. The maximum Gasteiger partial charge on any atom is 0.319 e. The minimum Gasteiger partial charge on any atom is -0.337 e. The maximum atomic E-state index is 12.1. The lowest BCUT2D eigenvalue weighted by Crippen LogP contribution is -2.52. The Hall–Kier alpha value is -1.60. The van der Waals surface area contributed by atoms with Crippen molar-refractivity contribution in [2.45, 2.75) is 19.4 Å². The van der Waals surface area contributed by atoms with Gasteiger partial charge in [0.05, 0.1) is 0 Å². The van der Waals surface area contributed by atoms with E-state index in [2.05, 4.69) is 31.9 Å². The van der Waals surface area contributed by atoms with Crippen LogP contribution in [0, 0.1) is 0 Å². The fourth-order valence-electron chi connectivity index (χ4n) is 2.35. The summed E-state index contributed by atoms with van der Waals surface area (Å²) in [5.41, 5.74) is 0.711. The molecule has 1 unspecified atom stereocenters. The second-order valence-electron chi connectivity index (χ2n) is 5.28. The van der Waals surface area contributed by atoms with E-state index in [1.807, 2.05) is 24.0 Å². The number of benzene rings is 1. The van der Waals surface area contributed by atoms with Crippen LogP contribution in [0.5, 0.6) is 0 Å². The van der Waals surface area contributed by atoms with Crippen LogP contribution in [0.4, 0.5) is 10.5 Å². The molecule has 2 rings (SSSR count). The first-order chi connectivity index (χ1) is 10.6. The molecule has 1 aliphatic heterocycles. The lowest BCUT2D eigenvalue weighted by Gasteiger charge is -2.34. The van der Waals surface area contributed by atoms with Gasteiger partial charge in [-0.15, -0.1) is 0 Å². The van der Waals surface area contributed by atoms with Crippen molar-refractivity contribution in [2.24, 2.45) is 0 Å². The topological polar surface area (TPSA) is 73.5 Å². The molecule has 1 aliphatic rings. The molecule has 1 heterocycles. The first-order valence-electron chi connectivity index (χ1n) is 7.37. The lowest BCUT2D eigenvalue weighted by molar-refractivity contribution is -0.133. The lowest BCUT2D eigenvalue weighted by atomic mass is 10.2. The van der Waals surface area contributed by atoms with Gasteiger partial charge in [-0.05, 0) is 31.2 Å². The molecule has 6 nitrogen and oxygen atoms in total. The number of piperazine rings is 1. The molecule has 0 aromatic heterocycles. The van der Waals surface area contributed by atoms with Gasteiger partial charge in [0.15, 0.2) is 0 Å². The fourth-order valence-corrected chi connectivity index (χ4v) is 2.61. The third kappa shape index (κ3) is 4.99. The summed E-state index contributed by atoms with van der Waals surface area (Å²) in [7, 11) is 0. The minimum absolute atomic E-state index is 0.0814. The minimum atomic E-state index is -0.302. The number of nitrogens with one attached hydrogen (secondary N) is 3. The molecule has 1 atom stereocenters. The molecule has 0 radical (unpaired) electrons. The summed E-state index contributed by atoms with van der Waals surface area (Å²) in [5, 5.41) is 8.68. The molecule has 1 aromatic carbocycles. The van der Waals surface area contributed by atoms with Crippen LogP contribution in [0.15, 0.2) is 28.7 Å². The molecule has 22 heavy (non-hydrogen) atoms. The number of anilines is 1. The summed E-state index contributed by atoms with van der Waals surface area (Å²) in [5.74, 6) is 0.0814. The maximum absolute atomic E-state index is 12.1. The number of carbonyl (C=O) groups is 2. The van der Waals surface area contributed by atoms with E-state index in [1.165, 1.54) is 0 Å². The van der Waals surface area contributed by atoms with Crippen molar-refractivity contribution in [3.05, 3.63) is 28.7 Å². The molecule has 3 N–H and O–H groups in total. The van der Waals surface area contributed by atoms with E-state index in [-0.39, 0.29) is 18.0 Å². The standard InChI is InChI=1S/C15H21BrN4O2/c1-11-10-17-8-9-20(11)14(21)6-7-18-15(22)19-13-4-2-12(16)3-5-13/h2-5,11,17H,6-10H2,1H3,(H2,18,19,22). The zero-order valence-electron chi connectivity index (χ0n) is 12.6. The van der Waals surface area contributed by atoms with Gasteiger partial charge < -0.3 is 20.9 Å². The van der Waals surface area contributed by atoms with Gasteiger partial charge in [-0.2, -0.15) is 0 Å². The predicted molar refractivity (Wildman–Crippen MR) is 89.8 cm³/mol. The number of urea groups is 1. The summed E-state index contributed by atoms with van der Waals surface area (Å²) < 4.78 is 0.953. The van der Waals surface area contributed by atoms with Crippen LogP contribution in [0.3, 0.4) is 0 Å². The zero-order valence-corrected chi connectivity index (χ0v) is 14.1. The van der Waals surface area contributed by atoms with Gasteiger partial charge in [-0.1, -0.05) is 15.9 Å². The Balaban J connectivity index is 1.70. The quantitative estimate of drug-likeness (QED) is 0.758. The van der Waals surface area contributed by atoms with Crippen molar-refractivity contribution in [3.8, 4) is 0 Å². The predicted octanol–water partition coefficient (Wildman–Crippen LogP) is 1.78. The van der Waals surface area contributed by atoms with Crippen LogP contribution in [0.1, 0.15) is 13.3 Å². The van der Waals surface area contributed by atoms with Crippen LogP contribution >= 0.6 is 15.9 Å². The number of amides is 3. The van der Waals surface area contributed by atoms with Gasteiger partial charge in [0.1, 0.15) is 0 Å². The number of nitrogens with zero attached hydrogens (tertiary/aromatic N) is 1. The molecule has 120 valence electrons. The van der Waals surface area contributed by atoms with Crippen LogP contribution in [0.2, 0.25) is 0 Å². The number of hydrogen-bond acceptors (Lipinski definition) is 3. The van der Waals surface area contributed by atoms with Crippen molar-refractivity contribution in [3.63, 3.8) is 0 Å². The van der Waals surface area contributed by atoms with Crippen LogP contribution in [-0.2, 0) is 4.79 Å². The molecule has 0 aliphatic carbocycles. The van der Waals surface area contributed by atoms with Crippen LogP contribution in [0.25, 0.3) is 0 Å². The Bertz CT molecular complexity index is 521. The molecule has 3 amide bonds. The van der Waals surface area contributed by atoms with Crippen molar-refractivity contribution in [2.75, 3.05) is 31.5 Å². The number of hydrogen-bond donors (Lipinski definition) is 3. The monoisotopic (exact) mass is 368 g/mol. The van der Waals surface area contributed by atoms with E-state index in [1.54, 1.807) is 12.1 Å². The first kappa shape index (κ1) is 16.8. The normalized spacial score (nSPS) is 17.9. The number of rotatable bonds is 4. The average molecular weight is 369 g/mol. The molecule has 0 saturated carbocycles. The largest absolute Gasteiger partial charge is 0.337 e. The van der Waals surface area contributed by atoms with E-state index in [0.717, 1.165) is 24.1 Å². The van der Waals surface area contributed by atoms with Crippen molar-refractivity contribution < 1.29 is 9.59 Å². The summed E-state index contributed by atoms with van der Waals surface area (Å²) in [6.07, 6.45) is 0.318. The molecule has 7 heteroatoms. The summed E-state index contributed by atoms with van der Waals surface area (Å²) in [6.45, 7) is 4.73. The van der Waals surface area contributed by atoms with Gasteiger partial charge in [-0.3, -0.25) is 4.79 Å². The summed E-state index contributed by atoms with van der Waals surface area (Å²) in [6, 6.07) is 7.21. The Morgan fingerprint density at radius 2 is 2.09 bits per heavy atom. The highest BCUT2D eigenvalue weighted by Gasteiger charge is 2.22. The smallest absolute Gasteiger partial charge is 0.319 e. The zero-order chi connectivity index (χ0) is 15.9. The van der Waals surface area contributed by atoms with Gasteiger partial charge in [0, 0.05) is 48.8 Å². The number of carbonyl (C=O) groups excluding carboxylic acids is 2. The van der Waals surface area contributed by atoms with E-state index < -0.39 is 0 Å². The molecule has 1 saturated heterocycles. The SMILES string of the molecule is CC1CNCCN1C(=O)CCNC(=O)Nc1ccc(Br)cc1. The van der Waals surface area contributed by atoms with Gasteiger partial charge in [0.25, 0.3) is 0 Å². The second-order valence-corrected chi connectivity index (χ2v) is 6.19. The van der Waals surface area contributed by atoms with E-state index in [0.29, 0.717) is 18.7 Å². The number of halogens is 1. The van der Waals surface area contributed by atoms with Gasteiger partial charge >= 0.3 is 6.03 Å². The fraction of sp³-hybridized carbons (Fsp3) is 0.467. The summed E-state index contributed by atoms with van der Waals surface area (Å²) >= 11 is 3.34. The van der Waals surface area contributed by atoms with Gasteiger partial charge in [-0.25, -0.2) is 4.79 Å².